The Hall–Kier alpha value is -1.12. The minimum atomic E-state index is -0.0752. The Bertz CT molecular complexity index is 549. The minimum absolute atomic E-state index is 0. The molecule has 0 aromatic rings. The van der Waals surface area contributed by atoms with Crippen LogP contribution in [0.5, 0.6) is 0 Å². The van der Waals surface area contributed by atoms with Crippen LogP contribution in [0.4, 0.5) is 0 Å². The molecule has 0 bridgehead atoms. The van der Waals surface area contributed by atoms with Crippen molar-refractivity contribution >= 4 is 11.8 Å². The van der Waals surface area contributed by atoms with Crippen molar-refractivity contribution in [3.8, 4) is 0 Å². The van der Waals surface area contributed by atoms with Gasteiger partial charge in [0.15, 0.2) is 0 Å². The molecule has 4 aliphatic rings. The van der Waals surface area contributed by atoms with Gasteiger partial charge in [-0.15, -0.1) is 0 Å². The number of ketones is 1. The van der Waals surface area contributed by atoms with E-state index in [4.69, 9.17) is 4.74 Å². The highest BCUT2D eigenvalue weighted by molar-refractivity contribution is 5.87. The maximum atomic E-state index is 12.3. The van der Waals surface area contributed by atoms with Crippen LogP contribution >= 0.6 is 0 Å². The van der Waals surface area contributed by atoms with Crippen molar-refractivity contribution in [3.05, 3.63) is 11.8 Å². The van der Waals surface area contributed by atoms with Crippen LogP contribution < -0.4 is 0 Å². The highest BCUT2D eigenvalue weighted by Crippen LogP contribution is 2.63. The number of carbonyl (C=O) groups excluding carboxylic acids is 2. The van der Waals surface area contributed by atoms with Gasteiger partial charge in [0.2, 0.25) is 0 Å². The molecular weight excluding hydrogens is 276 g/mol. The van der Waals surface area contributed by atoms with Crippen LogP contribution in [0.25, 0.3) is 0 Å². The van der Waals surface area contributed by atoms with E-state index in [1.54, 1.807) is 0 Å². The number of fused-ring (bicyclic) bond motifs is 5. The van der Waals surface area contributed by atoms with Gasteiger partial charge < -0.3 is 4.74 Å². The fourth-order valence-electron chi connectivity index (χ4n) is 5.84. The molecule has 0 aromatic heterocycles. The summed E-state index contributed by atoms with van der Waals surface area (Å²) in [6, 6.07) is 0. The molecule has 3 aliphatic carbocycles. The number of Topliss-reactive ketones (excluding diaryl/α,β-unsaturated/α-hetero) is 1. The standard InChI is InChI=1S/C18H24O3.CH4/c1-17-9-7-13-11(12(17)4-5-14(17)19)3-6-15-18(13,2)10-8-16(20)21-15;/h6,11-13H,3-5,7-10H2,1-2H3;1H4/t11-,12-,13-,17-,18+;/m0./s1. The van der Waals surface area contributed by atoms with Crippen LogP contribution in [0.3, 0.4) is 0 Å². The first-order valence-corrected chi connectivity index (χ1v) is 8.40. The highest BCUT2D eigenvalue weighted by atomic mass is 16.5. The quantitative estimate of drug-likeness (QED) is 0.628. The molecule has 22 heavy (non-hydrogen) atoms. The van der Waals surface area contributed by atoms with E-state index in [2.05, 4.69) is 19.9 Å². The SMILES string of the molecule is C.C[C@]12CCC(=O)OC1=CC[C@@H]1[C@@H]2CC[C@]2(C)C(=O)CC[C@@H]12. The van der Waals surface area contributed by atoms with Crippen molar-refractivity contribution in [3.63, 3.8) is 0 Å². The second kappa shape index (κ2) is 4.94. The average Bonchev–Trinajstić information content (AvgIpc) is 2.76. The summed E-state index contributed by atoms with van der Waals surface area (Å²) in [5.41, 5.74) is -0.0575. The van der Waals surface area contributed by atoms with Gasteiger partial charge in [-0.3, -0.25) is 9.59 Å². The van der Waals surface area contributed by atoms with E-state index in [1.807, 2.05) is 0 Å². The second-order valence-electron chi connectivity index (χ2n) is 7.99. The van der Waals surface area contributed by atoms with Gasteiger partial charge in [-0.2, -0.15) is 0 Å². The third-order valence-electron chi connectivity index (χ3n) is 7.18. The van der Waals surface area contributed by atoms with Gasteiger partial charge in [-0.05, 0) is 55.9 Å². The molecular formula is C19H28O3. The molecule has 5 atom stereocenters. The third kappa shape index (κ3) is 1.87. The van der Waals surface area contributed by atoms with Crippen LogP contribution in [-0.4, -0.2) is 11.8 Å². The molecule has 0 amide bonds. The normalized spacial score (nSPS) is 46.6. The third-order valence-corrected chi connectivity index (χ3v) is 7.18. The van der Waals surface area contributed by atoms with Crippen molar-refractivity contribution in [1.82, 2.24) is 0 Å². The highest BCUT2D eigenvalue weighted by Gasteiger charge is 2.59. The molecule has 3 nitrogen and oxygen atoms in total. The molecule has 0 N–H and O–H groups in total. The molecule has 0 aromatic carbocycles. The number of esters is 1. The van der Waals surface area contributed by atoms with Crippen LogP contribution in [0.1, 0.15) is 66.2 Å². The smallest absolute Gasteiger partial charge is 0.310 e. The number of carbonyl (C=O) groups is 2. The maximum Gasteiger partial charge on any atom is 0.310 e. The van der Waals surface area contributed by atoms with E-state index < -0.39 is 0 Å². The minimum Gasteiger partial charge on any atom is -0.431 e. The summed E-state index contributed by atoms with van der Waals surface area (Å²) < 4.78 is 5.56. The van der Waals surface area contributed by atoms with Crippen LogP contribution in [0.2, 0.25) is 0 Å². The van der Waals surface area contributed by atoms with Gasteiger partial charge in [-0.1, -0.05) is 21.3 Å². The monoisotopic (exact) mass is 304 g/mol. The molecule has 2 saturated carbocycles. The average molecular weight is 304 g/mol. The zero-order valence-electron chi connectivity index (χ0n) is 13.0. The second-order valence-corrected chi connectivity index (χ2v) is 7.99. The molecule has 4 rings (SSSR count). The number of allylic oxidation sites excluding steroid dienone is 2. The zero-order valence-corrected chi connectivity index (χ0v) is 13.0. The molecule has 0 spiro atoms. The van der Waals surface area contributed by atoms with Crippen LogP contribution in [0, 0.1) is 28.6 Å². The van der Waals surface area contributed by atoms with Crippen LogP contribution in [-0.2, 0) is 14.3 Å². The first-order chi connectivity index (χ1) is 9.95. The van der Waals surface area contributed by atoms with Crippen LogP contribution in [0.15, 0.2) is 11.8 Å². The molecule has 0 radical (unpaired) electrons. The molecule has 1 heterocycles. The molecule has 0 unspecified atom stereocenters. The summed E-state index contributed by atoms with van der Waals surface area (Å²) in [6.07, 6.45) is 8.56. The first kappa shape index (κ1) is 15.8. The Morgan fingerprint density at radius 2 is 1.77 bits per heavy atom. The number of hydrogen-bond donors (Lipinski definition) is 0. The van der Waals surface area contributed by atoms with E-state index in [1.165, 1.54) is 0 Å². The molecule has 3 heteroatoms. The molecule has 1 aliphatic heterocycles. The van der Waals surface area contributed by atoms with E-state index >= 15 is 0 Å². The van der Waals surface area contributed by atoms with Gasteiger partial charge in [0.05, 0.1) is 0 Å². The lowest BCUT2D eigenvalue weighted by atomic mass is 9.50. The predicted molar refractivity (Wildman–Crippen MR) is 84.9 cm³/mol. The summed E-state index contributed by atoms with van der Waals surface area (Å²) in [7, 11) is 0. The fraction of sp³-hybridized carbons (Fsp3) is 0.789. The van der Waals surface area contributed by atoms with E-state index in [0.29, 0.717) is 30.0 Å². The Morgan fingerprint density at radius 1 is 1.05 bits per heavy atom. The summed E-state index contributed by atoms with van der Waals surface area (Å²) >= 11 is 0. The lowest BCUT2D eigenvalue weighted by Gasteiger charge is -2.55. The van der Waals surface area contributed by atoms with Crippen molar-refractivity contribution in [2.24, 2.45) is 28.6 Å². The molecule has 3 fully saturated rings. The van der Waals surface area contributed by atoms with E-state index in [0.717, 1.165) is 44.3 Å². The van der Waals surface area contributed by atoms with Crippen molar-refractivity contribution in [2.75, 3.05) is 0 Å². The van der Waals surface area contributed by atoms with Crippen molar-refractivity contribution < 1.29 is 14.3 Å². The topological polar surface area (TPSA) is 43.4 Å². The van der Waals surface area contributed by atoms with Gasteiger partial charge in [-0.25, -0.2) is 0 Å². The summed E-state index contributed by atoms with van der Waals surface area (Å²) in [5.74, 6) is 3.05. The summed E-state index contributed by atoms with van der Waals surface area (Å²) in [5, 5.41) is 0. The molecule has 122 valence electrons. The number of hydrogen-bond acceptors (Lipinski definition) is 3. The van der Waals surface area contributed by atoms with E-state index in [9.17, 15) is 9.59 Å². The van der Waals surface area contributed by atoms with E-state index in [-0.39, 0.29) is 24.2 Å². The van der Waals surface area contributed by atoms with Gasteiger partial charge >= 0.3 is 5.97 Å². The summed E-state index contributed by atoms with van der Waals surface area (Å²) in [6.45, 7) is 4.48. The van der Waals surface area contributed by atoms with Crippen molar-refractivity contribution in [1.29, 1.82) is 0 Å². The molecule has 1 saturated heterocycles. The zero-order chi connectivity index (χ0) is 14.8. The number of ether oxygens (including phenoxy) is 1. The largest absolute Gasteiger partial charge is 0.431 e. The summed E-state index contributed by atoms with van der Waals surface area (Å²) in [4.78, 5) is 23.9. The van der Waals surface area contributed by atoms with Crippen molar-refractivity contribution in [2.45, 2.75) is 66.2 Å². The first-order valence-electron chi connectivity index (χ1n) is 8.40. The Kier molecular flexibility index (Phi) is 3.54. The lowest BCUT2D eigenvalue weighted by Crippen LogP contribution is -2.50. The number of rotatable bonds is 0. The van der Waals surface area contributed by atoms with Gasteiger partial charge in [0.25, 0.3) is 0 Å². The lowest BCUT2D eigenvalue weighted by molar-refractivity contribution is -0.152. The predicted octanol–water partition coefficient (Wildman–Crippen LogP) is 4.27. The van der Waals surface area contributed by atoms with Gasteiger partial charge in [0.1, 0.15) is 11.5 Å². The Balaban J connectivity index is 0.00000144. The fourth-order valence-corrected chi connectivity index (χ4v) is 5.84. The van der Waals surface area contributed by atoms with Gasteiger partial charge in [0, 0.05) is 23.7 Å². The Morgan fingerprint density at radius 3 is 2.55 bits per heavy atom. The maximum absolute atomic E-state index is 12.3. The Labute approximate surface area is 133 Å².